The number of hydrogen-bond donors (Lipinski definition) is 2. The summed E-state index contributed by atoms with van der Waals surface area (Å²) in [5.74, 6) is 5.26. The van der Waals surface area contributed by atoms with E-state index in [1.165, 1.54) is 6.92 Å². The Bertz CT molecular complexity index is 251. The molecule has 18 heavy (non-hydrogen) atoms. The highest BCUT2D eigenvalue weighted by molar-refractivity contribution is 5.72. The molecule has 0 spiro atoms. The van der Waals surface area contributed by atoms with Gasteiger partial charge in [0, 0.05) is 19.9 Å². The molecular weight excluding hydrogens is 232 g/mol. The van der Waals surface area contributed by atoms with Crippen molar-refractivity contribution in [2.24, 2.45) is 5.90 Å². The minimum absolute atomic E-state index is 0.0131. The summed E-state index contributed by atoms with van der Waals surface area (Å²) in [6.07, 6.45) is 2.38. The normalized spacial score (nSPS) is 15.2. The predicted molar refractivity (Wildman–Crippen MR) is 71.9 cm³/mol. The summed E-state index contributed by atoms with van der Waals surface area (Å²) in [5.41, 5.74) is -0.584. The molecule has 0 bridgehead atoms. The zero-order valence-corrected chi connectivity index (χ0v) is 12.3. The van der Waals surface area contributed by atoms with E-state index < -0.39 is 0 Å². The molecule has 0 aliphatic rings. The van der Waals surface area contributed by atoms with E-state index in [1.807, 2.05) is 27.7 Å². The van der Waals surface area contributed by atoms with Gasteiger partial charge in [-0.1, -0.05) is 6.92 Å². The lowest BCUT2D eigenvalue weighted by molar-refractivity contribution is -0.119. The van der Waals surface area contributed by atoms with Crippen LogP contribution in [0.4, 0.5) is 0 Å². The Labute approximate surface area is 110 Å². The molecule has 0 aromatic rings. The van der Waals surface area contributed by atoms with Crippen molar-refractivity contribution in [2.75, 3.05) is 13.2 Å². The van der Waals surface area contributed by atoms with E-state index >= 15 is 0 Å². The first-order chi connectivity index (χ1) is 8.24. The number of hydrogen-bond acceptors (Lipinski definition) is 4. The second kappa shape index (κ2) is 7.71. The van der Waals surface area contributed by atoms with Gasteiger partial charge in [0.15, 0.2) is 0 Å². The van der Waals surface area contributed by atoms with E-state index in [0.717, 1.165) is 19.3 Å². The first-order valence-corrected chi connectivity index (χ1v) is 6.51. The van der Waals surface area contributed by atoms with Crippen LogP contribution in [0.25, 0.3) is 0 Å². The minimum Gasteiger partial charge on any atom is -0.375 e. The number of nitrogens with one attached hydrogen (secondary N) is 1. The van der Waals surface area contributed by atoms with Crippen LogP contribution in [-0.2, 0) is 14.4 Å². The lowest BCUT2D eigenvalue weighted by Gasteiger charge is -2.30. The fourth-order valence-electron chi connectivity index (χ4n) is 1.47. The number of amides is 1. The van der Waals surface area contributed by atoms with E-state index in [1.54, 1.807) is 0 Å². The molecule has 0 aliphatic heterocycles. The molecule has 0 radical (unpaired) electrons. The van der Waals surface area contributed by atoms with Crippen molar-refractivity contribution in [1.29, 1.82) is 0 Å². The van der Waals surface area contributed by atoms with Crippen LogP contribution >= 0.6 is 0 Å². The Morgan fingerprint density at radius 2 is 1.89 bits per heavy atom. The molecule has 108 valence electrons. The second-order valence-corrected chi connectivity index (χ2v) is 5.51. The molecular formula is C13H28N2O3. The molecule has 3 N–H and O–H groups in total. The number of nitrogens with two attached hydrogens (primary N) is 1. The van der Waals surface area contributed by atoms with Crippen LogP contribution in [0, 0.1) is 0 Å². The third kappa shape index (κ3) is 7.63. The third-order valence-electron chi connectivity index (χ3n) is 3.26. The Hall–Kier alpha value is -0.650. The van der Waals surface area contributed by atoms with Gasteiger partial charge < -0.3 is 10.1 Å². The molecule has 1 unspecified atom stereocenters. The van der Waals surface area contributed by atoms with Crippen molar-refractivity contribution in [3.63, 3.8) is 0 Å². The van der Waals surface area contributed by atoms with E-state index in [-0.39, 0.29) is 17.1 Å². The van der Waals surface area contributed by atoms with Crippen molar-refractivity contribution >= 4 is 5.91 Å². The highest BCUT2D eigenvalue weighted by Gasteiger charge is 2.24. The Balaban J connectivity index is 3.92. The molecule has 0 saturated carbocycles. The number of carbonyl (C=O) groups is 1. The van der Waals surface area contributed by atoms with Crippen LogP contribution in [0.1, 0.15) is 53.9 Å². The fourth-order valence-corrected chi connectivity index (χ4v) is 1.47. The van der Waals surface area contributed by atoms with Gasteiger partial charge in [0.25, 0.3) is 0 Å². The third-order valence-corrected chi connectivity index (χ3v) is 3.26. The summed E-state index contributed by atoms with van der Waals surface area (Å²) in [5, 5.41) is 2.77. The first-order valence-electron chi connectivity index (χ1n) is 6.51. The average molecular weight is 260 g/mol. The lowest BCUT2D eigenvalue weighted by atomic mass is 9.99. The Morgan fingerprint density at radius 3 is 2.33 bits per heavy atom. The van der Waals surface area contributed by atoms with Crippen LogP contribution < -0.4 is 11.2 Å². The molecule has 0 aromatic heterocycles. The first kappa shape index (κ1) is 17.4. The summed E-state index contributed by atoms with van der Waals surface area (Å²) < 4.78 is 5.82. The lowest BCUT2D eigenvalue weighted by Crippen LogP contribution is -2.36. The molecule has 0 heterocycles. The zero-order valence-electron chi connectivity index (χ0n) is 12.3. The molecule has 0 aliphatic carbocycles. The van der Waals surface area contributed by atoms with Gasteiger partial charge in [-0.05, 0) is 33.6 Å². The quantitative estimate of drug-likeness (QED) is 0.619. The standard InChI is InChI=1S/C13H28N2O3/c1-6-13(5,18-14)8-10-17-12(3,4)7-9-15-11(2)16/h6-10,14H2,1-5H3,(H,15,16). The fraction of sp³-hybridized carbons (Fsp3) is 0.923. The summed E-state index contributed by atoms with van der Waals surface area (Å²) in [6.45, 7) is 10.8. The topological polar surface area (TPSA) is 73.6 Å². The Kier molecular flexibility index (Phi) is 7.43. The van der Waals surface area contributed by atoms with E-state index in [0.29, 0.717) is 13.2 Å². The molecule has 5 heteroatoms. The van der Waals surface area contributed by atoms with Crippen molar-refractivity contribution < 1.29 is 14.4 Å². The minimum atomic E-state index is -0.326. The monoisotopic (exact) mass is 260 g/mol. The highest BCUT2D eigenvalue weighted by Crippen LogP contribution is 2.20. The predicted octanol–water partition coefficient (Wildman–Crippen LogP) is 1.76. The molecule has 0 aromatic carbocycles. The van der Waals surface area contributed by atoms with Crippen LogP contribution in [0.15, 0.2) is 0 Å². The number of rotatable bonds is 9. The van der Waals surface area contributed by atoms with Crippen molar-refractivity contribution in [2.45, 2.75) is 65.1 Å². The second-order valence-electron chi connectivity index (χ2n) is 5.51. The molecule has 1 atom stereocenters. The van der Waals surface area contributed by atoms with Gasteiger partial charge in [-0.25, -0.2) is 5.90 Å². The average Bonchev–Trinajstić information content (AvgIpc) is 2.27. The van der Waals surface area contributed by atoms with Gasteiger partial charge in [0.05, 0.1) is 17.8 Å². The van der Waals surface area contributed by atoms with Crippen molar-refractivity contribution in [3.8, 4) is 0 Å². The van der Waals surface area contributed by atoms with E-state index in [4.69, 9.17) is 15.5 Å². The maximum Gasteiger partial charge on any atom is 0.216 e. The van der Waals surface area contributed by atoms with Gasteiger partial charge in [0.1, 0.15) is 0 Å². The van der Waals surface area contributed by atoms with Crippen LogP contribution in [0.5, 0.6) is 0 Å². The smallest absolute Gasteiger partial charge is 0.216 e. The molecule has 5 nitrogen and oxygen atoms in total. The van der Waals surface area contributed by atoms with E-state index in [9.17, 15) is 4.79 Å². The van der Waals surface area contributed by atoms with E-state index in [2.05, 4.69) is 5.32 Å². The molecule has 0 fully saturated rings. The summed E-state index contributed by atoms with van der Waals surface area (Å²) in [4.78, 5) is 15.7. The van der Waals surface area contributed by atoms with Gasteiger partial charge >= 0.3 is 0 Å². The highest BCUT2D eigenvalue weighted by atomic mass is 16.6. The van der Waals surface area contributed by atoms with Crippen molar-refractivity contribution in [3.05, 3.63) is 0 Å². The molecule has 0 saturated heterocycles. The summed E-state index contributed by atoms with van der Waals surface area (Å²) >= 11 is 0. The van der Waals surface area contributed by atoms with Gasteiger partial charge in [0.2, 0.25) is 5.91 Å². The van der Waals surface area contributed by atoms with Gasteiger partial charge in [-0.2, -0.15) is 0 Å². The molecule has 1 amide bonds. The number of ether oxygens (including phenoxy) is 1. The van der Waals surface area contributed by atoms with Crippen LogP contribution in [0.2, 0.25) is 0 Å². The molecule has 0 rings (SSSR count). The summed E-state index contributed by atoms with van der Waals surface area (Å²) in [7, 11) is 0. The Morgan fingerprint density at radius 1 is 1.28 bits per heavy atom. The maximum atomic E-state index is 10.8. The zero-order chi connectivity index (χ0) is 14.2. The van der Waals surface area contributed by atoms with Crippen LogP contribution in [-0.4, -0.2) is 30.3 Å². The van der Waals surface area contributed by atoms with Crippen molar-refractivity contribution in [1.82, 2.24) is 5.32 Å². The summed E-state index contributed by atoms with van der Waals surface area (Å²) in [6, 6.07) is 0. The number of carbonyl (C=O) groups excluding carboxylic acids is 1. The van der Waals surface area contributed by atoms with Crippen LogP contribution in [0.3, 0.4) is 0 Å². The van der Waals surface area contributed by atoms with Gasteiger partial charge in [-0.3, -0.25) is 9.63 Å². The largest absolute Gasteiger partial charge is 0.375 e. The SMILES string of the molecule is CCC(C)(CCOC(C)(C)CCNC(C)=O)ON. The van der Waals surface area contributed by atoms with Gasteiger partial charge in [-0.15, -0.1) is 0 Å². The maximum absolute atomic E-state index is 10.8.